The predicted molar refractivity (Wildman–Crippen MR) is 213 cm³/mol. The van der Waals surface area contributed by atoms with E-state index in [1.807, 2.05) is 60.7 Å². The first-order chi connectivity index (χ1) is 25.5. The topological polar surface area (TPSA) is 43.6 Å². The number of benzene rings is 7. The molecule has 0 aliphatic heterocycles. The van der Waals surface area contributed by atoms with Crippen molar-refractivity contribution in [2.24, 2.45) is 0 Å². The van der Waals surface area contributed by atoms with Gasteiger partial charge < -0.3 is 0 Å². The number of fused-ring (bicyclic) bond motifs is 6. The van der Waals surface area contributed by atoms with Gasteiger partial charge >= 0.3 is 0 Å². The minimum Gasteiger partial charge on any atom is -0.278 e. The largest absolute Gasteiger partial charge is 0.278 e. The maximum Gasteiger partial charge on any atom is 0.238 e. The summed E-state index contributed by atoms with van der Waals surface area (Å²) in [5, 5.41) is 2.30. The van der Waals surface area contributed by atoms with Gasteiger partial charge in [-0.05, 0) is 68.8 Å². The summed E-state index contributed by atoms with van der Waals surface area (Å²) in [6.07, 6.45) is 0. The standard InChI is InChI=1S/C48H34N4/c1-48(2)41-23-13-11-21-37(41)38-27-25-34(30-42(38)48)36-20-10-9-19-35(36)33-26-28-44-40(29-33)39-22-12-14-24-43(39)52(44)47-50-45(31-15-5-3-6-16-31)49-46(51-47)32-17-7-4-8-18-32/h3-30H,1-2H3. The van der Waals surface area contributed by atoms with Crippen LogP contribution in [-0.2, 0) is 5.41 Å². The molecule has 0 fully saturated rings. The average molecular weight is 667 g/mol. The zero-order valence-corrected chi connectivity index (χ0v) is 29.0. The van der Waals surface area contributed by atoms with Crippen molar-refractivity contribution in [3.63, 3.8) is 0 Å². The molecule has 7 aromatic carbocycles. The lowest BCUT2D eigenvalue weighted by Gasteiger charge is -2.22. The predicted octanol–water partition coefficient (Wildman–Crippen LogP) is 11.9. The fraction of sp³-hybridized carbons (Fsp3) is 0.0625. The Morgan fingerprint density at radius 1 is 0.385 bits per heavy atom. The zero-order valence-electron chi connectivity index (χ0n) is 29.0. The Hall–Kier alpha value is -6.65. The van der Waals surface area contributed by atoms with Crippen molar-refractivity contribution >= 4 is 21.8 Å². The molecule has 9 aromatic rings. The number of hydrogen-bond donors (Lipinski definition) is 0. The number of nitrogens with zero attached hydrogens (tertiary/aromatic N) is 4. The summed E-state index contributed by atoms with van der Waals surface area (Å²) in [7, 11) is 0. The van der Waals surface area contributed by atoms with Crippen LogP contribution >= 0.6 is 0 Å². The van der Waals surface area contributed by atoms with E-state index < -0.39 is 0 Å². The van der Waals surface area contributed by atoms with Crippen LogP contribution in [0.1, 0.15) is 25.0 Å². The summed E-state index contributed by atoms with van der Waals surface area (Å²) < 4.78 is 2.18. The van der Waals surface area contributed by atoms with Crippen LogP contribution < -0.4 is 0 Å². The molecule has 2 aromatic heterocycles. The van der Waals surface area contributed by atoms with Gasteiger partial charge in [-0.2, -0.15) is 9.97 Å². The maximum atomic E-state index is 5.10. The highest BCUT2D eigenvalue weighted by atomic mass is 15.2. The van der Waals surface area contributed by atoms with Crippen LogP contribution in [-0.4, -0.2) is 19.5 Å². The van der Waals surface area contributed by atoms with Crippen LogP contribution in [0.2, 0.25) is 0 Å². The lowest BCUT2D eigenvalue weighted by molar-refractivity contribution is 0.660. The molecule has 10 rings (SSSR count). The second kappa shape index (κ2) is 11.7. The summed E-state index contributed by atoms with van der Waals surface area (Å²) in [4.78, 5) is 15.1. The van der Waals surface area contributed by atoms with E-state index in [0.717, 1.165) is 32.9 Å². The van der Waals surface area contributed by atoms with E-state index >= 15 is 0 Å². The Labute approximate surface area is 302 Å². The second-order valence-corrected chi connectivity index (χ2v) is 14.1. The summed E-state index contributed by atoms with van der Waals surface area (Å²) in [5.41, 5.74) is 14.2. The molecule has 0 unspecified atom stereocenters. The van der Waals surface area contributed by atoms with Crippen LogP contribution in [0.25, 0.3) is 83.9 Å². The Morgan fingerprint density at radius 3 is 1.60 bits per heavy atom. The van der Waals surface area contributed by atoms with Gasteiger partial charge in [0.2, 0.25) is 5.95 Å². The number of para-hydroxylation sites is 1. The van der Waals surface area contributed by atoms with Crippen LogP contribution in [0.3, 0.4) is 0 Å². The molecule has 1 aliphatic carbocycles. The molecular weight excluding hydrogens is 633 g/mol. The molecule has 0 N–H and O–H groups in total. The summed E-state index contributed by atoms with van der Waals surface area (Å²) in [6.45, 7) is 4.68. The van der Waals surface area contributed by atoms with Crippen molar-refractivity contribution < 1.29 is 0 Å². The lowest BCUT2D eigenvalue weighted by atomic mass is 9.81. The van der Waals surface area contributed by atoms with Gasteiger partial charge in [0, 0.05) is 27.3 Å². The van der Waals surface area contributed by atoms with Crippen molar-refractivity contribution in [1.82, 2.24) is 19.5 Å². The first kappa shape index (κ1) is 30.2. The first-order valence-corrected chi connectivity index (χ1v) is 17.8. The van der Waals surface area contributed by atoms with Crippen molar-refractivity contribution in [1.29, 1.82) is 0 Å². The third-order valence-corrected chi connectivity index (χ3v) is 10.7. The van der Waals surface area contributed by atoms with Crippen LogP contribution in [0.5, 0.6) is 0 Å². The fourth-order valence-corrected chi connectivity index (χ4v) is 8.11. The lowest BCUT2D eigenvalue weighted by Crippen LogP contribution is -2.14. The van der Waals surface area contributed by atoms with Crippen molar-refractivity contribution in [2.45, 2.75) is 19.3 Å². The number of aromatic nitrogens is 4. The highest BCUT2D eigenvalue weighted by Crippen LogP contribution is 2.50. The first-order valence-electron chi connectivity index (χ1n) is 17.8. The van der Waals surface area contributed by atoms with Gasteiger partial charge in [-0.3, -0.25) is 4.57 Å². The molecule has 0 atom stereocenters. The van der Waals surface area contributed by atoms with Crippen LogP contribution in [0, 0.1) is 0 Å². The summed E-state index contributed by atoms with van der Waals surface area (Å²) in [6, 6.07) is 60.2. The molecule has 0 amide bonds. The molecule has 4 heteroatoms. The molecule has 52 heavy (non-hydrogen) atoms. The third-order valence-electron chi connectivity index (χ3n) is 10.7. The van der Waals surface area contributed by atoms with Gasteiger partial charge in [-0.15, -0.1) is 0 Å². The Morgan fingerprint density at radius 2 is 0.904 bits per heavy atom. The van der Waals surface area contributed by atoms with E-state index in [9.17, 15) is 0 Å². The second-order valence-electron chi connectivity index (χ2n) is 14.1. The number of rotatable bonds is 5. The maximum absolute atomic E-state index is 5.10. The van der Waals surface area contributed by atoms with Crippen molar-refractivity contribution in [3.8, 4) is 62.1 Å². The molecule has 0 saturated heterocycles. The quantitative estimate of drug-likeness (QED) is 0.184. The molecule has 0 saturated carbocycles. The van der Waals surface area contributed by atoms with E-state index in [2.05, 4.69) is 128 Å². The van der Waals surface area contributed by atoms with E-state index in [4.69, 9.17) is 15.0 Å². The Kier molecular flexibility index (Phi) is 6.80. The van der Waals surface area contributed by atoms with Crippen molar-refractivity contribution in [2.75, 3.05) is 0 Å². The smallest absolute Gasteiger partial charge is 0.238 e. The van der Waals surface area contributed by atoms with Gasteiger partial charge in [0.25, 0.3) is 0 Å². The van der Waals surface area contributed by atoms with Crippen molar-refractivity contribution in [3.05, 3.63) is 181 Å². The molecule has 2 heterocycles. The zero-order chi connectivity index (χ0) is 34.8. The van der Waals surface area contributed by atoms with Gasteiger partial charge in [0.1, 0.15) is 0 Å². The van der Waals surface area contributed by atoms with E-state index in [0.29, 0.717) is 17.6 Å². The van der Waals surface area contributed by atoms with E-state index in [-0.39, 0.29) is 5.41 Å². The SMILES string of the molecule is CC1(C)c2ccccc2-c2ccc(-c3ccccc3-c3ccc4c(c3)c3ccccc3n4-c3nc(-c4ccccc4)nc(-c4ccccc4)n3)cc21. The molecule has 0 spiro atoms. The molecule has 1 aliphatic rings. The number of hydrogen-bond acceptors (Lipinski definition) is 3. The molecule has 246 valence electrons. The Bertz CT molecular complexity index is 2760. The average Bonchev–Trinajstić information content (AvgIpc) is 3.66. The third kappa shape index (κ3) is 4.72. The van der Waals surface area contributed by atoms with Gasteiger partial charge in [0.05, 0.1) is 11.0 Å². The van der Waals surface area contributed by atoms with Gasteiger partial charge in [0.15, 0.2) is 11.6 Å². The molecule has 0 bridgehead atoms. The van der Waals surface area contributed by atoms with E-state index in [1.165, 1.54) is 44.5 Å². The highest BCUT2D eigenvalue weighted by Gasteiger charge is 2.35. The van der Waals surface area contributed by atoms with Crippen LogP contribution in [0.4, 0.5) is 0 Å². The molecular formula is C48H34N4. The fourth-order valence-electron chi connectivity index (χ4n) is 8.11. The van der Waals surface area contributed by atoms with Gasteiger partial charge in [-0.25, -0.2) is 4.98 Å². The normalized spacial score (nSPS) is 13.0. The van der Waals surface area contributed by atoms with E-state index in [1.54, 1.807) is 0 Å². The summed E-state index contributed by atoms with van der Waals surface area (Å²) >= 11 is 0. The van der Waals surface area contributed by atoms with Gasteiger partial charge in [-0.1, -0.05) is 159 Å². The minimum atomic E-state index is -0.0621. The monoisotopic (exact) mass is 666 g/mol. The molecule has 0 radical (unpaired) electrons. The van der Waals surface area contributed by atoms with Crippen LogP contribution in [0.15, 0.2) is 170 Å². The molecule has 4 nitrogen and oxygen atoms in total. The Balaban J connectivity index is 1.14. The highest BCUT2D eigenvalue weighted by molar-refractivity contribution is 6.10. The summed E-state index contributed by atoms with van der Waals surface area (Å²) in [5.74, 6) is 1.87. The minimum absolute atomic E-state index is 0.0621.